The van der Waals surface area contributed by atoms with Crippen molar-refractivity contribution in [1.29, 1.82) is 0 Å². The normalized spacial score (nSPS) is 11.4. The molecule has 0 saturated carbocycles. The number of nitrogens with one attached hydrogen (secondary N) is 3. The number of thioether (sulfide) groups is 1. The molecular formula is C13H19N7O3S. The van der Waals surface area contributed by atoms with Crippen LogP contribution in [0.1, 0.15) is 18.7 Å². The summed E-state index contributed by atoms with van der Waals surface area (Å²) < 4.78 is 5.12. The fourth-order valence-electron chi connectivity index (χ4n) is 1.83. The van der Waals surface area contributed by atoms with Crippen molar-refractivity contribution < 1.29 is 9.34 Å². The lowest BCUT2D eigenvalue weighted by Crippen LogP contribution is -2.29. The zero-order chi connectivity index (χ0) is 17.0. The molecule has 24 heavy (non-hydrogen) atoms. The van der Waals surface area contributed by atoms with Gasteiger partial charge < -0.3 is 15.1 Å². The Morgan fingerprint density at radius 3 is 2.88 bits per heavy atom. The number of nitro groups is 1. The minimum absolute atomic E-state index is 0.402. The molecule has 0 aliphatic carbocycles. The van der Waals surface area contributed by atoms with Crippen LogP contribution in [-0.4, -0.2) is 43.9 Å². The molecule has 2 aromatic heterocycles. The molecular weight excluding hydrogens is 334 g/mol. The van der Waals surface area contributed by atoms with Crippen LogP contribution >= 0.6 is 11.8 Å². The van der Waals surface area contributed by atoms with Crippen LogP contribution in [0.25, 0.3) is 0 Å². The average Bonchev–Trinajstić information content (AvgIpc) is 3.24. The Morgan fingerprint density at radius 2 is 2.21 bits per heavy atom. The quantitative estimate of drug-likeness (QED) is 0.222. The van der Waals surface area contributed by atoms with Crippen molar-refractivity contribution in [3.8, 4) is 0 Å². The summed E-state index contributed by atoms with van der Waals surface area (Å²) in [6.45, 7) is 1.21. The Hall–Kier alpha value is -2.56. The topological polar surface area (TPSA) is 135 Å². The molecule has 11 heteroatoms. The van der Waals surface area contributed by atoms with E-state index in [1.54, 1.807) is 6.20 Å². The Balaban J connectivity index is 1.61. The number of aromatic amines is 1. The lowest BCUT2D eigenvalue weighted by molar-refractivity contribution is -0.404. The first-order valence-corrected chi connectivity index (χ1v) is 8.42. The van der Waals surface area contributed by atoms with E-state index in [0.717, 1.165) is 37.0 Å². The van der Waals surface area contributed by atoms with Gasteiger partial charge >= 0.3 is 0 Å². The molecule has 2 rings (SSSR count). The van der Waals surface area contributed by atoms with E-state index in [4.69, 9.17) is 4.42 Å². The van der Waals surface area contributed by atoms with E-state index in [0.29, 0.717) is 24.1 Å². The molecule has 0 unspecified atom stereocenters. The van der Waals surface area contributed by atoms with Gasteiger partial charge in [0.15, 0.2) is 5.82 Å². The SMILES string of the molecule is O=[N+]([O-])C=C(NCCCSc1ncco1)NCCCc1ncn[nH]1. The molecule has 0 aromatic carbocycles. The van der Waals surface area contributed by atoms with E-state index >= 15 is 0 Å². The summed E-state index contributed by atoms with van der Waals surface area (Å²) in [6.07, 6.45) is 7.86. The standard InChI is InChI=1S/C13H19N7O3S/c21-20(22)9-12(14-4-1-3-11-17-10-18-19-11)15-5-2-8-24-13-16-6-7-23-13/h6-7,9-10,14-15H,1-5,8H2,(H,17,18,19). The van der Waals surface area contributed by atoms with Crippen LogP contribution in [0.3, 0.4) is 0 Å². The second-order valence-corrected chi connectivity index (χ2v) is 5.76. The Labute approximate surface area is 142 Å². The molecule has 0 radical (unpaired) electrons. The van der Waals surface area contributed by atoms with E-state index < -0.39 is 4.92 Å². The molecule has 3 N–H and O–H groups in total. The molecule has 0 spiro atoms. The van der Waals surface area contributed by atoms with Crippen LogP contribution in [0, 0.1) is 10.1 Å². The zero-order valence-electron chi connectivity index (χ0n) is 13.0. The van der Waals surface area contributed by atoms with E-state index in [-0.39, 0.29) is 0 Å². The largest absolute Gasteiger partial charge is 0.440 e. The summed E-state index contributed by atoms with van der Waals surface area (Å²) in [4.78, 5) is 18.2. The molecule has 0 bridgehead atoms. The lowest BCUT2D eigenvalue weighted by atomic mass is 10.3. The maximum Gasteiger partial charge on any atom is 0.274 e. The fourth-order valence-corrected chi connectivity index (χ4v) is 2.55. The predicted molar refractivity (Wildman–Crippen MR) is 87.6 cm³/mol. The number of hydrogen-bond donors (Lipinski definition) is 3. The molecule has 0 amide bonds. The molecule has 0 saturated heterocycles. The third-order valence-electron chi connectivity index (χ3n) is 2.88. The minimum Gasteiger partial charge on any atom is -0.440 e. The smallest absolute Gasteiger partial charge is 0.274 e. The van der Waals surface area contributed by atoms with Crippen LogP contribution in [0.2, 0.25) is 0 Å². The number of oxazole rings is 1. The maximum atomic E-state index is 10.7. The second kappa shape index (κ2) is 10.3. The molecule has 2 aromatic rings. The number of hydrogen-bond acceptors (Lipinski definition) is 9. The van der Waals surface area contributed by atoms with E-state index in [9.17, 15) is 10.1 Å². The molecule has 2 heterocycles. The van der Waals surface area contributed by atoms with Crippen molar-refractivity contribution in [2.45, 2.75) is 24.5 Å². The molecule has 0 atom stereocenters. The van der Waals surface area contributed by atoms with Crippen LogP contribution in [0.5, 0.6) is 0 Å². The van der Waals surface area contributed by atoms with Gasteiger partial charge in [0.25, 0.3) is 11.4 Å². The van der Waals surface area contributed by atoms with Gasteiger partial charge in [0.05, 0.1) is 11.1 Å². The lowest BCUT2D eigenvalue weighted by Gasteiger charge is -2.10. The van der Waals surface area contributed by atoms with E-state index in [1.807, 2.05) is 0 Å². The van der Waals surface area contributed by atoms with Gasteiger partial charge in [0.1, 0.15) is 18.4 Å². The predicted octanol–water partition coefficient (Wildman–Crippen LogP) is 1.16. The van der Waals surface area contributed by atoms with Gasteiger partial charge in [0, 0.05) is 25.3 Å². The summed E-state index contributed by atoms with van der Waals surface area (Å²) in [5.74, 6) is 2.01. The first-order chi connectivity index (χ1) is 11.7. The molecule has 10 nitrogen and oxygen atoms in total. The first-order valence-electron chi connectivity index (χ1n) is 7.43. The summed E-state index contributed by atoms with van der Waals surface area (Å²) in [6, 6.07) is 0. The number of aryl methyl sites for hydroxylation is 1. The van der Waals surface area contributed by atoms with Crippen molar-refractivity contribution in [3.63, 3.8) is 0 Å². The van der Waals surface area contributed by atoms with Crippen LogP contribution < -0.4 is 10.6 Å². The monoisotopic (exact) mass is 353 g/mol. The fraction of sp³-hybridized carbons (Fsp3) is 0.462. The first kappa shape index (κ1) is 17.8. The highest BCUT2D eigenvalue weighted by Gasteiger charge is 2.03. The average molecular weight is 353 g/mol. The van der Waals surface area contributed by atoms with Crippen LogP contribution in [-0.2, 0) is 6.42 Å². The van der Waals surface area contributed by atoms with Gasteiger partial charge in [-0.25, -0.2) is 9.97 Å². The van der Waals surface area contributed by atoms with Gasteiger partial charge in [-0.05, 0) is 12.8 Å². The highest BCUT2D eigenvalue weighted by molar-refractivity contribution is 7.99. The third kappa shape index (κ3) is 7.13. The van der Waals surface area contributed by atoms with Crippen molar-refractivity contribution in [2.24, 2.45) is 0 Å². The number of aromatic nitrogens is 4. The summed E-state index contributed by atoms with van der Waals surface area (Å²) >= 11 is 1.50. The van der Waals surface area contributed by atoms with Gasteiger partial charge in [-0.3, -0.25) is 15.2 Å². The Kier molecular flexibility index (Phi) is 7.60. The van der Waals surface area contributed by atoms with Crippen molar-refractivity contribution in [1.82, 2.24) is 30.8 Å². The van der Waals surface area contributed by atoms with E-state index in [2.05, 4.69) is 30.8 Å². The van der Waals surface area contributed by atoms with Crippen molar-refractivity contribution in [3.05, 3.63) is 46.7 Å². The summed E-state index contributed by atoms with van der Waals surface area (Å²) in [7, 11) is 0. The van der Waals surface area contributed by atoms with Crippen molar-refractivity contribution >= 4 is 11.8 Å². The number of nitrogens with zero attached hydrogens (tertiary/aromatic N) is 4. The maximum absolute atomic E-state index is 10.7. The van der Waals surface area contributed by atoms with Crippen LogP contribution in [0.4, 0.5) is 0 Å². The molecule has 0 aliphatic heterocycles. The molecule has 130 valence electrons. The molecule has 0 fully saturated rings. The van der Waals surface area contributed by atoms with Gasteiger partial charge in [-0.15, -0.1) is 0 Å². The van der Waals surface area contributed by atoms with Gasteiger partial charge in [0.2, 0.25) is 0 Å². The Bertz CT molecular complexity index is 616. The van der Waals surface area contributed by atoms with Gasteiger partial charge in [-0.1, -0.05) is 11.8 Å². The molecule has 0 aliphatic rings. The van der Waals surface area contributed by atoms with E-state index in [1.165, 1.54) is 24.4 Å². The summed E-state index contributed by atoms with van der Waals surface area (Å²) in [5, 5.41) is 23.9. The number of rotatable bonds is 12. The Morgan fingerprint density at radius 1 is 1.38 bits per heavy atom. The summed E-state index contributed by atoms with van der Waals surface area (Å²) in [5.41, 5.74) is 0. The highest BCUT2D eigenvalue weighted by Crippen LogP contribution is 2.15. The van der Waals surface area contributed by atoms with Gasteiger partial charge in [-0.2, -0.15) is 5.10 Å². The number of H-pyrrole nitrogens is 1. The highest BCUT2D eigenvalue weighted by atomic mass is 32.2. The third-order valence-corrected chi connectivity index (χ3v) is 3.82. The second-order valence-electron chi connectivity index (χ2n) is 4.72. The zero-order valence-corrected chi connectivity index (χ0v) is 13.8. The minimum atomic E-state index is -0.479. The van der Waals surface area contributed by atoms with Crippen LogP contribution in [0.15, 0.2) is 40.4 Å². The van der Waals surface area contributed by atoms with Crippen molar-refractivity contribution in [2.75, 3.05) is 18.8 Å².